The van der Waals surface area contributed by atoms with E-state index in [9.17, 15) is 9.59 Å². The predicted molar refractivity (Wildman–Crippen MR) is 92.9 cm³/mol. The van der Waals surface area contributed by atoms with Gasteiger partial charge in [0.05, 0.1) is 0 Å². The van der Waals surface area contributed by atoms with Crippen LogP contribution in [0.15, 0.2) is 23.3 Å². The molecule has 0 aromatic carbocycles. The van der Waals surface area contributed by atoms with Crippen molar-refractivity contribution in [2.24, 2.45) is 0 Å². The summed E-state index contributed by atoms with van der Waals surface area (Å²) in [5, 5.41) is 1.11. The first-order valence-electron chi connectivity index (χ1n) is 8.57. The third-order valence-electron chi connectivity index (χ3n) is 4.41. The smallest absolute Gasteiger partial charge is 0.261 e. The molecule has 1 aliphatic heterocycles. The third-order valence-corrected chi connectivity index (χ3v) is 4.98. The lowest BCUT2D eigenvalue weighted by atomic mass is 10.00. The molecule has 0 N–H and O–H groups in total. The van der Waals surface area contributed by atoms with Gasteiger partial charge in [0, 0.05) is 23.0 Å². The second-order valence-corrected chi connectivity index (χ2v) is 6.91. The van der Waals surface area contributed by atoms with E-state index in [-0.39, 0.29) is 11.8 Å². The van der Waals surface area contributed by atoms with Crippen LogP contribution in [0.2, 0.25) is 0 Å². The molecule has 0 saturated carbocycles. The van der Waals surface area contributed by atoms with Crippen molar-refractivity contribution in [1.82, 2.24) is 4.90 Å². The van der Waals surface area contributed by atoms with E-state index < -0.39 is 0 Å². The molecule has 1 heterocycles. The van der Waals surface area contributed by atoms with Gasteiger partial charge in [0.15, 0.2) is 0 Å². The Labute approximate surface area is 142 Å². The maximum Gasteiger partial charge on any atom is 0.261 e. The first-order valence-corrected chi connectivity index (χ1v) is 9.69. The van der Waals surface area contributed by atoms with Gasteiger partial charge in [-0.25, -0.2) is 0 Å². The highest BCUT2D eigenvalue weighted by Gasteiger charge is 2.36. The number of carbonyl (C=O) groups excluding carboxylic acids is 2. The number of hydrogen-bond donors (Lipinski definition) is 0. The number of alkyl halides is 1. The number of rotatable bonds is 10. The molecule has 0 bridgehead atoms. The Hall–Kier alpha value is -0.900. The molecule has 2 rings (SSSR count). The lowest BCUT2D eigenvalue weighted by molar-refractivity contribution is -0.137. The predicted octanol–water partition coefficient (Wildman–Crippen LogP) is 4.52. The Balaban J connectivity index is 1.59. The second kappa shape index (κ2) is 9.29. The van der Waals surface area contributed by atoms with Crippen molar-refractivity contribution in [1.29, 1.82) is 0 Å². The van der Waals surface area contributed by atoms with Crippen LogP contribution in [0.25, 0.3) is 0 Å². The molecule has 2 amide bonds. The average molecular weight is 368 g/mol. The summed E-state index contributed by atoms with van der Waals surface area (Å²) in [6.07, 6.45) is 15.1. The summed E-state index contributed by atoms with van der Waals surface area (Å²) in [6.45, 7) is 0.585. The van der Waals surface area contributed by atoms with E-state index >= 15 is 0 Å². The first-order chi connectivity index (χ1) is 10.8. The standard InChI is InChI=1S/C18H26BrNO2/c19-13-9-5-3-1-2-4-6-10-14-20-17(21)15-11-7-8-12-16(15)18(20)22/h7,11H,1-6,8-10,12-14H2. The molecule has 0 aromatic heterocycles. The van der Waals surface area contributed by atoms with Crippen molar-refractivity contribution in [3.63, 3.8) is 0 Å². The Morgan fingerprint density at radius 1 is 0.909 bits per heavy atom. The van der Waals surface area contributed by atoms with Crippen LogP contribution < -0.4 is 0 Å². The van der Waals surface area contributed by atoms with E-state index in [4.69, 9.17) is 0 Å². The number of allylic oxidation sites excluding steroid dienone is 1. The number of amides is 2. The highest BCUT2D eigenvalue weighted by Crippen LogP contribution is 2.29. The van der Waals surface area contributed by atoms with Crippen molar-refractivity contribution in [3.8, 4) is 0 Å². The van der Waals surface area contributed by atoms with Gasteiger partial charge in [0.2, 0.25) is 0 Å². The van der Waals surface area contributed by atoms with Gasteiger partial charge in [-0.1, -0.05) is 66.6 Å². The molecule has 0 saturated heterocycles. The highest BCUT2D eigenvalue weighted by atomic mass is 79.9. The maximum absolute atomic E-state index is 12.2. The van der Waals surface area contributed by atoms with Crippen LogP contribution in [0.3, 0.4) is 0 Å². The molecule has 1 aliphatic carbocycles. The molecule has 0 unspecified atom stereocenters. The summed E-state index contributed by atoms with van der Waals surface area (Å²) in [5.41, 5.74) is 1.38. The molecule has 22 heavy (non-hydrogen) atoms. The second-order valence-electron chi connectivity index (χ2n) is 6.11. The monoisotopic (exact) mass is 367 g/mol. The molecule has 2 aliphatic rings. The summed E-state index contributed by atoms with van der Waals surface area (Å²) in [4.78, 5) is 25.9. The lowest BCUT2D eigenvalue weighted by Gasteiger charge is -2.14. The zero-order valence-corrected chi connectivity index (χ0v) is 14.9. The number of hydrogen-bond acceptors (Lipinski definition) is 2. The van der Waals surface area contributed by atoms with Crippen LogP contribution in [0.5, 0.6) is 0 Å². The third kappa shape index (κ3) is 4.55. The fourth-order valence-corrected chi connectivity index (χ4v) is 3.51. The van der Waals surface area contributed by atoms with Gasteiger partial charge in [-0.15, -0.1) is 0 Å². The van der Waals surface area contributed by atoms with E-state index in [1.165, 1.54) is 43.4 Å². The molecule has 122 valence electrons. The van der Waals surface area contributed by atoms with E-state index in [0.29, 0.717) is 12.1 Å². The maximum atomic E-state index is 12.2. The van der Waals surface area contributed by atoms with E-state index in [1.54, 1.807) is 0 Å². The fraction of sp³-hybridized carbons (Fsp3) is 0.667. The van der Waals surface area contributed by atoms with Crippen LogP contribution in [0, 0.1) is 0 Å². The van der Waals surface area contributed by atoms with Crippen LogP contribution in [-0.2, 0) is 9.59 Å². The molecule has 4 heteroatoms. The Kier molecular flexibility index (Phi) is 7.37. The van der Waals surface area contributed by atoms with Gasteiger partial charge in [0.25, 0.3) is 11.8 Å². The normalized spacial score (nSPS) is 17.6. The Morgan fingerprint density at radius 3 is 2.18 bits per heavy atom. The van der Waals surface area contributed by atoms with Crippen molar-refractivity contribution in [2.75, 3.05) is 11.9 Å². The minimum Gasteiger partial charge on any atom is -0.275 e. The summed E-state index contributed by atoms with van der Waals surface area (Å²) in [5.74, 6) is -0.121. The Bertz CT molecular complexity index is 468. The number of carbonyl (C=O) groups is 2. The van der Waals surface area contributed by atoms with Gasteiger partial charge in [-0.2, -0.15) is 0 Å². The van der Waals surface area contributed by atoms with Crippen molar-refractivity contribution >= 4 is 27.7 Å². The number of nitrogens with zero attached hydrogens (tertiary/aromatic N) is 1. The first kappa shape index (κ1) is 17.5. The topological polar surface area (TPSA) is 37.4 Å². The van der Waals surface area contributed by atoms with E-state index in [0.717, 1.165) is 36.6 Å². The van der Waals surface area contributed by atoms with E-state index in [1.807, 2.05) is 12.2 Å². The number of unbranched alkanes of at least 4 members (excludes halogenated alkanes) is 7. The molecule has 0 radical (unpaired) electrons. The number of imide groups is 1. The van der Waals surface area contributed by atoms with Gasteiger partial charge in [-0.3, -0.25) is 14.5 Å². The van der Waals surface area contributed by atoms with Gasteiger partial charge in [0.1, 0.15) is 0 Å². The van der Waals surface area contributed by atoms with Gasteiger partial charge >= 0.3 is 0 Å². The van der Waals surface area contributed by atoms with Crippen LogP contribution in [-0.4, -0.2) is 28.6 Å². The van der Waals surface area contributed by atoms with Gasteiger partial charge in [-0.05, 0) is 25.7 Å². The molecule has 3 nitrogen and oxygen atoms in total. The van der Waals surface area contributed by atoms with Crippen molar-refractivity contribution < 1.29 is 9.59 Å². The zero-order valence-electron chi connectivity index (χ0n) is 13.3. The summed E-state index contributed by atoms with van der Waals surface area (Å²) in [7, 11) is 0. The van der Waals surface area contributed by atoms with E-state index in [2.05, 4.69) is 15.9 Å². The Morgan fingerprint density at radius 2 is 1.55 bits per heavy atom. The average Bonchev–Trinajstić information content (AvgIpc) is 2.78. The molecule has 0 atom stereocenters. The molecule has 0 aromatic rings. The molecular formula is C18H26BrNO2. The lowest BCUT2D eigenvalue weighted by Crippen LogP contribution is -2.32. The molecular weight excluding hydrogens is 342 g/mol. The summed E-state index contributed by atoms with van der Waals surface area (Å²) < 4.78 is 0. The largest absolute Gasteiger partial charge is 0.275 e. The van der Waals surface area contributed by atoms with Gasteiger partial charge < -0.3 is 0 Å². The quantitative estimate of drug-likeness (QED) is 0.323. The minimum absolute atomic E-state index is 0.0425. The number of halogens is 1. The van der Waals surface area contributed by atoms with Crippen molar-refractivity contribution in [2.45, 2.75) is 64.2 Å². The SMILES string of the molecule is O=C1C2=C(CCC=C2)C(=O)N1CCCCCCCCCCBr. The van der Waals surface area contributed by atoms with Crippen molar-refractivity contribution in [3.05, 3.63) is 23.3 Å². The van der Waals surface area contributed by atoms with Crippen LogP contribution >= 0.6 is 15.9 Å². The summed E-state index contributed by atoms with van der Waals surface area (Å²) >= 11 is 3.45. The molecule has 0 fully saturated rings. The fourth-order valence-electron chi connectivity index (χ4n) is 3.12. The van der Waals surface area contributed by atoms with Crippen LogP contribution in [0.1, 0.15) is 64.2 Å². The summed E-state index contributed by atoms with van der Waals surface area (Å²) in [6, 6.07) is 0. The minimum atomic E-state index is -0.0780. The molecule has 0 spiro atoms. The highest BCUT2D eigenvalue weighted by molar-refractivity contribution is 9.09. The zero-order chi connectivity index (χ0) is 15.8. The van der Waals surface area contributed by atoms with Crippen LogP contribution in [0.4, 0.5) is 0 Å².